The van der Waals surface area contributed by atoms with Crippen molar-refractivity contribution in [3.63, 3.8) is 0 Å². The van der Waals surface area contributed by atoms with Crippen molar-refractivity contribution in [2.45, 2.75) is 20.8 Å². The Morgan fingerprint density at radius 3 is 1.88 bits per heavy atom. The normalized spacial score (nSPS) is 16.3. The molecule has 1 saturated heterocycles. The molecule has 0 aromatic rings. The van der Waals surface area contributed by atoms with Crippen LogP contribution in [0.4, 0.5) is 0 Å². The minimum absolute atomic E-state index is 0. The molecule has 1 heterocycles. The van der Waals surface area contributed by atoms with Crippen molar-refractivity contribution in [1.29, 1.82) is 0 Å². The summed E-state index contributed by atoms with van der Waals surface area (Å²) in [7, 11) is 0. The first kappa shape index (κ1) is 15.4. The van der Waals surface area contributed by atoms with E-state index in [4.69, 9.17) is 0 Å². The maximum Gasteiger partial charge on any atom is 0.100 e. The third kappa shape index (κ3) is 3.20. The van der Waals surface area contributed by atoms with Gasteiger partial charge in [0.25, 0.3) is 0 Å². The van der Waals surface area contributed by atoms with E-state index in [-0.39, 0.29) is 32.7 Å². The molecule has 1 fully saturated rings. The van der Waals surface area contributed by atoms with Crippen LogP contribution in [-0.2, 0) is 32.7 Å². The summed E-state index contributed by atoms with van der Waals surface area (Å²) in [5.41, 5.74) is 4.89. The minimum Gasteiger partial charge on any atom is -0.344 e. The first-order valence-electron chi connectivity index (χ1n) is 4.81. The molecule has 1 aliphatic rings. The fourth-order valence-corrected chi connectivity index (χ4v) is 1.53. The number of hydrogen-bond acceptors (Lipinski definition) is 2. The smallest absolute Gasteiger partial charge is 0.100 e. The largest absolute Gasteiger partial charge is 0.344 e. The van der Waals surface area contributed by atoms with Crippen molar-refractivity contribution in [3.05, 3.63) is 59.7 Å². The van der Waals surface area contributed by atoms with Crippen LogP contribution in [0.3, 0.4) is 0 Å². The summed E-state index contributed by atoms with van der Waals surface area (Å²) < 4.78 is 0. The van der Waals surface area contributed by atoms with Gasteiger partial charge in [-0.3, -0.25) is 6.08 Å². The van der Waals surface area contributed by atoms with Crippen molar-refractivity contribution in [2.75, 3.05) is 0 Å². The molecule has 0 aliphatic carbocycles. The maximum atomic E-state index is 3.96. The van der Waals surface area contributed by atoms with Crippen molar-refractivity contribution >= 4 is 0 Å². The molecule has 2 N–H and O–H groups in total. The van der Waals surface area contributed by atoms with Gasteiger partial charge in [0.1, 0.15) is 5.82 Å². The van der Waals surface area contributed by atoms with Crippen LogP contribution < -0.4 is 10.6 Å². The minimum atomic E-state index is 0. The van der Waals surface area contributed by atoms with E-state index in [1.54, 1.807) is 0 Å². The molecule has 1 radical (unpaired) electrons. The third-order valence-electron chi connectivity index (χ3n) is 2.52. The average Bonchev–Trinajstić information content (AvgIpc) is 2.14. The Bertz CT molecular complexity index is 378. The zero-order valence-electron chi connectivity index (χ0n) is 10.2. The summed E-state index contributed by atoms with van der Waals surface area (Å²) in [5.74, 6) is 0.712. The Labute approximate surface area is 123 Å². The van der Waals surface area contributed by atoms with Crippen LogP contribution in [0.25, 0.3) is 0 Å². The van der Waals surface area contributed by atoms with E-state index in [1.165, 1.54) is 0 Å². The van der Waals surface area contributed by atoms with Crippen molar-refractivity contribution in [1.82, 2.24) is 10.6 Å². The van der Waals surface area contributed by atoms with E-state index in [2.05, 4.69) is 36.4 Å². The maximum absolute atomic E-state index is 3.96. The van der Waals surface area contributed by atoms with E-state index >= 15 is 0 Å². The molecule has 1 rings (SSSR count). The second-order valence-electron chi connectivity index (χ2n) is 3.56. The SMILES string of the molecule is C=C1NC(=C)C(=C(C)C(C)=[C-]C)C(=C)N1.[Y]. The number of nitrogens with one attached hydrogen (secondary N) is 2. The first-order chi connectivity index (χ1) is 6.97. The molecule has 0 aromatic carbocycles. The van der Waals surface area contributed by atoms with E-state index < -0.39 is 0 Å². The molecule has 2 nitrogen and oxygen atoms in total. The van der Waals surface area contributed by atoms with Gasteiger partial charge in [-0.15, -0.1) is 13.8 Å². The van der Waals surface area contributed by atoms with Crippen LogP contribution in [0.1, 0.15) is 20.8 Å². The standard InChI is InChI=1S/C13H17N2.Y/c1-7-8(2)9(3)13-10(4)14-12(6)15-11(13)5;/h14-15H,4-6H2,1-3H3;/q-1;. The van der Waals surface area contributed by atoms with Crippen LogP contribution in [0.15, 0.2) is 53.7 Å². The van der Waals surface area contributed by atoms with Crippen molar-refractivity contribution in [2.24, 2.45) is 0 Å². The molecule has 1 aliphatic heterocycles. The van der Waals surface area contributed by atoms with Gasteiger partial charge in [-0.1, -0.05) is 32.2 Å². The van der Waals surface area contributed by atoms with Gasteiger partial charge in [-0.05, 0) is 0 Å². The molecule has 0 unspecified atom stereocenters. The van der Waals surface area contributed by atoms with Gasteiger partial charge < -0.3 is 10.6 Å². The molecule has 0 saturated carbocycles. The molecular weight excluding hydrogens is 273 g/mol. The monoisotopic (exact) mass is 290 g/mol. The molecule has 0 amide bonds. The van der Waals surface area contributed by atoms with E-state index in [1.807, 2.05) is 20.8 Å². The predicted molar refractivity (Wildman–Crippen MR) is 64.5 cm³/mol. The van der Waals surface area contributed by atoms with Gasteiger partial charge in [0.2, 0.25) is 0 Å². The predicted octanol–water partition coefficient (Wildman–Crippen LogP) is 2.76. The summed E-state index contributed by atoms with van der Waals surface area (Å²) in [6, 6.07) is 0. The van der Waals surface area contributed by atoms with Gasteiger partial charge in [-0.25, -0.2) is 5.57 Å². The third-order valence-corrected chi connectivity index (χ3v) is 2.52. The van der Waals surface area contributed by atoms with E-state index in [9.17, 15) is 0 Å². The Kier molecular flexibility index (Phi) is 5.98. The summed E-state index contributed by atoms with van der Waals surface area (Å²) in [4.78, 5) is 0. The second kappa shape index (κ2) is 6.22. The number of allylic oxidation sites excluding steroid dienone is 3. The Balaban J connectivity index is 0.00000225. The molecule has 0 spiro atoms. The van der Waals surface area contributed by atoms with Crippen LogP contribution in [-0.4, -0.2) is 0 Å². The Hall–Kier alpha value is -0.596. The molecule has 3 heteroatoms. The topological polar surface area (TPSA) is 24.1 Å². The quantitative estimate of drug-likeness (QED) is 0.726. The molecule has 0 bridgehead atoms. The fraction of sp³-hybridized carbons (Fsp3) is 0.231. The van der Waals surface area contributed by atoms with E-state index in [0.717, 1.165) is 28.1 Å². The fourth-order valence-electron chi connectivity index (χ4n) is 1.53. The van der Waals surface area contributed by atoms with Gasteiger partial charge in [-0.2, -0.15) is 5.57 Å². The zero-order valence-corrected chi connectivity index (χ0v) is 13.0. The van der Waals surface area contributed by atoms with Crippen LogP contribution in [0.5, 0.6) is 0 Å². The van der Waals surface area contributed by atoms with Crippen LogP contribution in [0, 0.1) is 6.08 Å². The zero-order chi connectivity index (χ0) is 11.6. The molecular formula is C13H17N2Y-. The summed E-state index contributed by atoms with van der Waals surface area (Å²) in [6.07, 6.45) is 3.11. The van der Waals surface area contributed by atoms with Crippen molar-refractivity contribution in [3.8, 4) is 0 Å². The molecule has 0 aromatic heterocycles. The van der Waals surface area contributed by atoms with Crippen molar-refractivity contribution < 1.29 is 32.7 Å². The van der Waals surface area contributed by atoms with Crippen LogP contribution >= 0.6 is 0 Å². The van der Waals surface area contributed by atoms with Gasteiger partial charge in [0, 0.05) is 44.1 Å². The summed E-state index contributed by atoms with van der Waals surface area (Å²) in [6.45, 7) is 17.7. The Morgan fingerprint density at radius 1 is 1.06 bits per heavy atom. The van der Waals surface area contributed by atoms with Gasteiger partial charge in [0.05, 0.1) is 0 Å². The average molecular weight is 290 g/mol. The summed E-state index contributed by atoms with van der Waals surface area (Å²) >= 11 is 0. The Morgan fingerprint density at radius 2 is 1.50 bits per heavy atom. The van der Waals surface area contributed by atoms with Crippen LogP contribution in [0.2, 0.25) is 0 Å². The van der Waals surface area contributed by atoms with Gasteiger partial charge in [0.15, 0.2) is 0 Å². The molecule has 0 atom stereocenters. The summed E-state index contributed by atoms with van der Waals surface area (Å²) in [5, 5.41) is 6.12. The first-order valence-corrected chi connectivity index (χ1v) is 4.81. The van der Waals surface area contributed by atoms with Gasteiger partial charge >= 0.3 is 0 Å². The molecule has 16 heavy (non-hydrogen) atoms. The number of hydrogen-bond donors (Lipinski definition) is 2. The van der Waals surface area contributed by atoms with E-state index in [0.29, 0.717) is 5.82 Å². The number of rotatable bonds is 1. The molecule has 83 valence electrons. The second-order valence-corrected chi connectivity index (χ2v) is 3.56.